The number of sulfonamides is 1. The molecule has 132 valence electrons. The van der Waals surface area contributed by atoms with E-state index in [2.05, 4.69) is 19.8 Å². The van der Waals surface area contributed by atoms with Crippen molar-refractivity contribution in [1.29, 1.82) is 0 Å². The standard InChI is InChI=1S/C12H21N3O6S2/c1-4-13-12-6-5-11(15-21-23(18,19)20)9(2)10(12)7-8-14-22(3,16)17/h5-6,13-15H,4,7-8H2,1-3H3,(H,18,19,20). The van der Waals surface area contributed by atoms with Crippen LogP contribution in [0.5, 0.6) is 0 Å². The Labute approximate surface area is 136 Å². The van der Waals surface area contributed by atoms with Crippen LogP contribution in [-0.2, 0) is 31.1 Å². The van der Waals surface area contributed by atoms with Gasteiger partial charge in [-0.1, -0.05) is 0 Å². The van der Waals surface area contributed by atoms with Gasteiger partial charge in [-0.25, -0.2) is 18.6 Å². The van der Waals surface area contributed by atoms with E-state index in [1.165, 1.54) is 0 Å². The molecule has 23 heavy (non-hydrogen) atoms. The summed E-state index contributed by atoms with van der Waals surface area (Å²) < 4.78 is 58.7. The van der Waals surface area contributed by atoms with Crippen LogP contribution in [0.1, 0.15) is 18.1 Å². The van der Waals surface area contributed by atoms with Crippen molar-refractivity contribution in [2.24, 2.45) is 0 Å². The predicted octanol–water partition coefficient (Wildman–Crippen LogP) is 0.665. The van der Waals surface area contributed by atoms with Gasteiger partial charge in [0, 0.05) is 18.8 Å². The number of hydrogen-bond acceptors (Lipinski definition) is 7. The Morgan fingerprint density at radius 1 is 1.17 bits per heavy atom. The normalized spacial score (nSPS) is 12.2. The van der Waals surface area contributed by atoms with Crippen LogP contribution >= 0.6 is 0 Å². The van der Waals surface area contributed by atoms with E-state index in [1.54, 1.807) is 19.1 Å². The second kappa shape index (κ2) is 7.93. The van der Waals surface area contributed by atoms with E-state index in [1.807, 2.05) is 6.92 Å². The summed E-state index contributed by atoms with van der Waals surface area (Å²) in [7, 11) is -7.92. The third-order valence-corrected chi connectivity index (χ3v) is 3.98. The Balaban J connectivity index is 3.02. The van der Waals surface area contributed by atoms with Gasteiger partial charge in [-0.05, 0) is 43.5 Å². The zero-order valence-corrected chi connectivity index (χ0v) is 14.7. The lowest BCUT2D eigenvalue weighted by Gasteiger charge is -2.17. The highest BCUT2D eigenvalue weighted by Gasteiger charge is 2.13. The molecule has 0 atom stereocenters. The molecule has 1 aromatic rings. The molecule has 1 rings (SSSR count). The molecule has 1 aromatic carbocycles. The third kappa shape index (κ3) is 7.14. The number of hydrogen-bond donors (Lipinski definition) is 4. The zero-order chi connectivity index (χ0) is 17.7. The maximum Gasteiger partial charge on any atom is 0.418 e. The minimum atomic E-state index is -4.63. The largest absolute Gasteiger partial charge is 0.418 e. The lowest BCUT2D eigenvalue weighted by atomic mass is 10.0. The minimum absolute atomic E-state index is 0.195. The first-order valence-corrected chi connectivity index (χ1v) is 10.0. The minimum Gasteiger partial charge on any atom is -0.385 e. The summed E-state index contributed by atoms with van der Waals surface area (Å²) in [5, 5.41) is 3.15. The molecule has 0 amide bonds. The fourth-order valence-electron chi connectivity index (χ4n) is 2.00. The van der Waals surface area contributed by atoms with Crippen molar-refractivity contribution in [2.75, 3.05) is 30.1 Å². The molecular weight excluding hydrogens is 346 g/mol. The molecular formula is C12H21N3O6S2. The molecule has 0 unspecified atom stereocenters. The van der Waals surface area contributed by atoms with Gasteiger partial charge < -0.3 is 5.32 Å². The lowest BCUT2D eigenvalue weighted by Crippen LogP contribution is -2.25. The van der Waals surface area contributed by atoms with Crippen LogP contribution in [0.3, 0.4) is 0 Å². The number of rotatable bonds is 9. The van der Waals surface area contributed by atoms with Crippen LogP contribution in [-0.4, -0.2) is 40.7 Å². The van der Waals surface area contributed by atoms with E-state index in [-0.39, 0.29) is 6.54 Å². The first kappa shape index (κ1) is 19.6. The van der Waals surface area contributed by atoms with E-state index in [0.29, 0.717) is 24.2 Å². The van der Waals surface area contributed by atoms with Gasteiger partial charge in [0.2, 0.25) is 10.0 Å². The number of benzene rings is 1. The second-order valence-corrected chi connectivity index (χ2v) is 7.68. The fraction of sp³-hybridized carbons (Fsp3) is 0.500. The van der Waals surface area contributed by atoms with E-state index < -0.39 is 20.4 Å². The molecule has 0 aliphatic carbocycles. The van der Waals surface area contributed by atoms with Gasteiger partial charge in [0.05, 0.1) is 11.9 Å². The van der Waals surface area contributed by atoms with E-state index in [4.69, 9.17) is 4.55 Å². The Bertz CT molecular complexity index is 746. The Morgan fingerprint density at radius 3 is 2.30 bits per heavy atom. The van der Waals surface area contributed by atoms with Gasteiger partial charge in [-0.15, -0.1) is 4.28 Å². The van der Waals surface area contributed by atoms with E-state index in [9.17, 15) is 16.8 Å². The lowest BCUT2D eigenvalue weighted by molar-refractivity contribution is 0.320. The number of anilines is 2. The first-order chi connectivity index (χ1) is 10.5. The zero-order valence-electron chi connectivity index (χ0n) is 13.1. The van der Waals surface area contributed by atoms with Crippen LogP contribution in [0.25, 0.3) is 0 Å². The van der Waals surface area contributed by atoms with Gasteiger partial charge >= 0.3 is 10.4 Å². The Morgan fingerprint density at radius 2 is 1.78 bits per heavy atom. The van der Waals surface area contributed by atoms with Crippen molar-refractivity contribution in [2.45, 2.75) is 20.3 Å². The molecule has 0 heterocycles. The summed E-state index contributed by atoms with van der Waals surface area (Å²) in [6.07, 6.45) is 1.46. The molecule has 0 aliphatic rings. The molecule has 11 heteroatoms. The van der Waals surface area contributed by atoms with E-state index >= 15 is 0 Å². The summed E-state index contributed by atoms with van der Waals surface area (Å²) in [6.45, 7) is 4.51. The average molecular weight is 367 g/mol. The summed E-state index contributed by atoms with van der Waals surface area (Å²) >= 11 is 0. The Hall–Kier alpha value is -1.40. The van der Waals surface area contributed by atoms with Crippen LogP contribution in [0.4, 0.5) is 11.4 Å². The smallest absolute Gasteiger partial charge is 0.385 e. The Kier molecular flexibility index (Phi) is 6.77. The van der Waals surface area contributed by atoms with Crippen LogP contribution in [0.2, 0.25) is 0 Å². The molecule has 0 spiro atoms. The van der Waals surface area contributed by atoms with Gasteiger partial charge in [0.15, 0.2) is 0 Å². The SMILES string of the molecule is CCNc1ccc(NOS(=O)(=O)O)c(C)c1CCNS(C)(=O)=O. The monoisotopic (exact) mass is 367 g/mol. The van der Waals surface area contributed by atoms with Crippen molar-refractivity contribution in [3.63, 3.8) is 0 Å². The van der Waals surface area contributed by atoms with Crippen molar-refractivity contribution in [1.82, 2.24) is 4.72 Å². The molecule has 0 bridgehead atoms. The summed E-state index contributed by atoms with van der Waals surface area (Å²) in [5.41, 5.74) is 4.78. The second-order valence-electron chi connectivity index (χ2n) is 4.82. The molecule has 0 radical (unpaired) electrons. The van der Waals surface area contributed by atoms with Crippen molar-refractivity contribution in [3.8, 4) is 0 Å². The van der Waals surface area contributed by atoms with Gasteiger partial charge in [0.1, 0.15) is 0 Å². The van der Waals surface area contributed by atoms with Crippen molar-refractivity contribution in [3.05, 3.63) is 23.3 Å². The highest BCUT2D eigenvalue weighted by molar-refractivity contribution is 7.88. The summed E-state index contributed by atoms with van der Waals surface area (Å²) in [6, 6.07) is 3.30. The summed E-state index contributed by atoms with van der Waals surface area (Å²) in [4.78, 5) is 0. The molecule has 0 saturated heterocycles. The molecule has 0 aromatic heterocycles. The third-order valence-electron chi connectivity index (χ3n) is 2.96. The maximum absolute atomic E-state index is 11.1. The van der Waals surface area contributed by atoms with Gasteiger partial charge in [0.25, 0.3) is 0 Å². The van der Waals surface area contributed by atoms with Gasteiger partial charge in [-0.3, -0.25) is 4.55 Å². The average Bonchev–Trinajstić information content (AvgIpc) is 2.39. The highest BCUT2D eigenvalue weighted by atomic mass is 32.3. The van der Waals surface area contributed by atoms with Crippen molar-refractivity contribution >= 4 is 31.8 Å². The fourth-order valence-corrected chi connectivity index (χ4v) is 2.67. The topological polar surface area (TPSA) is 134 Å². The maximum atomic E-state index is 11.1. The number of nitrogens with one attached hydrogen (secondary N) is 3. The summed E-state index contributed by atoms with van der Waals surface area (Å²) in [5.74, 6) is 0. The van der Waals surface area contributed by atoms with Gasteiger partial charge in [-0.2, -0.15) is 8.42 Å². The molecule has 4 N–H and O–H groups in total. The van der Waals surface area contributed by atoms with Crippen LogP contribution in [0, 0.1) is 6.92 Å². The molecule has 0 aliphatic heterocycles. The molecule has 0 saturated carbocycles. The highest BCUT2D eigenvalue weighted by Crippen LogP contribution is 2.27. The first-order valence-electron chi connectivity index (χ1n) is 6.76. The quantitative estimate of drug-likeness (QED) is 0.369. The van der Waals surface area contributed by atoms with Crippen molar-refractivity contribution < 1.29 is 25.7 Å². The molecule has 0 fully saturated rings. The predicted molar refractivity (Wildman–Crippen MR) is 88.1 cm³/mol. The van der Waals surface area contributed by atoms with Crippen LogP contribution < -0.4 is 15.5 Å². The van der Waals surface area contributed by atoms with Crippen LogP contribution in [0.15, 0.2) is 12.1 Å². The molecule has 9 nitrogen and oxygen atoms in total. The van der Waals surface area contributed by atoms with E-state index in [0.717, 1.165) is 17.5 Å².